The molecule has 5 aromatic rings. The number of H-pyrrole nitrogens is 2. The fourth-order valence-electron chi connectivity index (χ4n) is 4.86. The second-order valence-corrected chi connectivity index (χ2v) is 10.1. The topological polar surface area (TPSA) is 100 Å². The van der Waals surface area contributed by atoms with Crippen molar-refractivity contribution in [1.82, 2.24) is 25.3 Å². The van der Waals surface area contributed by atoms with E-state index in [1.807, 2.05) is 24.3 Å². The summed E-state index contributed by atoms with van der Waals surface area (Å²) in [6.07, 6.45) is 2.06. The van der Waals surface area contributed by atoms with Crippen LogP contribution in [0.5, 0.6) is 0 Å². The number of allylic oxidation sites excluding steroid dienone is 1. The van der Waals surface area contributed by atoms with E-state index in [9.17, 15) is 22.4 Å². The molecule has 1 aliphatic carbocycles. The molecule has 6 rings (SSSR count). The molecular weight excluding hydrogens is 562 g/mol. The molecule has 3 heterocycles. The van der Waals surface area contributed by atoms with Gasteiger partial charge in [-0.2, -0.15) is 22.7 Å². The number of hydrogen-bond acceptors (Lipinski definition) is 5. The molecule has 2 N–H and O–H groups in total. The second-order valence-electron chi connectivity index (χ2n) is 9.67. The Balaban J connectivity index is 1.53. The predicted molar refractivity (Wildman–Crippen MR) is 146 cm³/mol. The minimum absolute atomic E-state index is 0.0137. The van der Waals surface area contributed by atoms with Crippen molar-refractivity contribution in [3.63, 3.8) is 0 Å². The Kier molecular flexibility index (Phi) is 6.82. The van der Waals surface area contributed by atoms with Crippen LogP contribution in [0.3, 0.4) is 0 Å². The van der Waals surface area contributed by atoms with Crippen LogP contribution in [-0.2, 0) is 6.18 Å². The second kappa shape index (κ2) is 10.5. The Morgan fingerprint density at radius 1 is 1.05 bits per heavy atom. The Morgan fingerprint density at radius 2 is 1.80 bits per heavy atom. The van der Waals surface area contributed by atoms with Gasteiger partial charge in [0.15, 0.2) is 5.82 Å². The number of alkyl halides is 3. The highest BCUT2D eigenvalue weighted by molar-refractivity contribution is 6.32. The lowest BCUT2D eigenvalue weighted by Crippen LogP contribution is -2.17. The van der Waals surface area contributed by atoms with Crippen LogP contribution >= 0.6 is 11.6 Å². The fraction of sp³-hybridized carbons (Fsp3) is 0.172. The third-order valence-electron chi connectivity index (χ3n) is 7.09. The van der Waals surface area contributed by atoms with Gasteiger partial charge in [0.25, 0.3) is 0 Å². The molecule has 0 amide bonds. The van der Waals surface area contributed by atoms with E-state index in [2.05, 4.69) is 29.8 Å². The minimum atomic E-state index is -4.59. The lowest BCUT2D eigenvalue weighted by molar-refractivity contribution is -0.137. The third kappa shape index (κ3) is 5.32. The number of rotatable bonds is 6. The van der Waals surface area contributed by atoms with Gasteiger partial charge in [0.1, 0.15) is 0 Å². The van der Waals surface area contributed by atoms with E-state index in [-0.39, 0.29) is 27.8 Å². The summed E-state index contributed by atoms with van der Waals surface area (Å²) in [7, 11) is 0. The lowest BCUT2D eigenvalue weighted by Gasteiger charge is -2.31. The van der Waals surface area contributed by atoms with E-state index >= 15 is 0 Å². The van der Waals surface area contributed by atoms with Crippen LogP contribution in [0, 0.1) is 11.9 Å². The standard InChI is InChI=1S/C29H20ClF4N5O2/c30-21-13-19(29(32,33)34)14-35-26(21)25(16-2-1-3-16)24(18-9-10-22-20(12-18)27(31)38-37-22)17-7-4-15(5-8-17)6-11-23-36-28(40)41-39-23/h4-14,16H,1-3H2,(H,37,38)(H,36,39,40)/b11-6+,25-24?. The van der Waals surface area contributed by atoms with Gasteiger partial charge >= 0.3 is 11.9 Å². The quantitative estimate of drug-likeness (QED) is 0.204. The van der Waals surface area contributed by atoms with Gasteiger partial charge in [0.2, 0.25) is 5.95 Å². The third-order valence-corrected chi connectivity index (χ3v) is 7.38. The Bertz CT molecular complexity index is 1860. The molecule has 12 heteroatoms. The highest BCUT2D eigenvalue weighted by Gasteiger charge is 2.34. The highest BCUT2D eigenvalue weighted by Crippen LogP contribution is 2.47. The average molecular weight is 582 g/mol. The summed E-state index contributed by atoms with van der Waals surface area (Å²) in [5, 5.41) is 10.1. The number of aromatic nitrogens is 5. The van der Waals surface area contributed by atoms with E-state index in [1.54, 1.807) is 30.4 Å². The Hall–Kier alpha value is -4.51. The van der Waals surface area contributed by atoms with Gasteiger partial charge < -0.3 is 0 Å². The zero-order valence-electron chi connectivity index (χ0n) is 21.1. The van der Waals surface area contributed by atoms with Crippen molar-refractivity contribution in [3.8, 4) is 0 Å². The molecule has 1 aliphatic rings. The van der Waals surface area contributed by atoms with Crippen molar-refractivity contribution in [2.24, 2.45) is 5.92 Å². The molecule has 7 nitrogen and oxygen atoms in total. The van der Waals surface area contributed by atoms with E-state index in [1.165, 1.54) is 0 Å². The molecule has 0 unspecified atom stereocenters. The fourth-order valence-corrected chi connectivity index (χ4v) is 5.13. The maximum atomic E-state index is 14.5. The summed E-state index contributed by atoms with van der Waals surface area (Å²) in [5.41, 5.74) is 3.29. The first kappa shape index (κ1) is 26.7. The normalized spacial score (nSPS) is 15.0. The molecular formula is C29H20ClF4N5O2. The van der Waals surface area contributed by atoms with Crippen molar-refractivity contribution in [2.45, 2.75) is 25.4 Å². The minimum Gasteiger partial charge on any atom is -0.296 e. The Morgan fingerprint density at radius 3 is 2.44 bits per heavy atom. The van der Waals surface area contributed by atoms with Crippen molar-refractivity contribution in [3.05, 3.63) is 110 Å². The number of nitrogens with one attached hydrogen (secondary N) is 2. The van der Waals surface area contributed by atoms with Crippen LogP contribution in [0.4, 0.5) is 17.6 Å². The summed E-state index contributed by atoms with van der Waals surface area (Å²) >= 11 is 6.48. The SMILES string of the molecule is O=c1[nH]c(/C=C/c2ccc(C(=C(c3ncc(C(F)(F)F)cc3Cl)C3CCC3)c3ccc4n[nH]c(F)c4c3)cc2)no1. The summed E-state index contributed by atoms with van der Waals surface area (Å²) in [6, 6.07) is 13.4. The predicted octanol–water partition coefficient (Wildman–Crippen LogP) is 7.38. The van der Waals surface area contributed by atoms with Crippen LogP contribution in [-0.4, -0.2) is 25.3 Å². The van der Waals surface area contributed by atoms with Gasteiger partial charge in [-0.05, 0) is 70.9 Å². The number of pyridine rings is 1. The maximum Gasteiger partial charge on any atom is 0.439 e. The molecule has 208 valence electrons. The number of benzene rings is 2. The zero-order valence-corrected chi connectivity index (χ0v) is 21.9. The zero-order chi connectivity index (χ0) is 28.7. The lowest BCUT2D eigenvalue weighted by atomic mass is 9.74. The smallest absolute Gasteiger partial charge is 0.296 e. The van der Waals surface area contributed by atoms with Crippen LogP contribution in [0.15, 0.2) is 64.0 Å². The van der Waals surface area contributed by atoms with E-state index < -0.39 is 23.4 Å². The average Bonchev–Trinajstić information content (AvgIpc) is 3.51. The number of fused-ring (bicyclic) bond motifs is 1. The van der Waals surface area contributed by atoms with Gasteiger partial charge in [-0.1, -0.05) is 59.6 Å². The van der Waals surface area contributed by atoms with Gasteiger partial charge in [-0.15, -0.1) is 0 Å². The first-order chi connectivity index (χ1) is 19.7. The maximum absolute atomic E-state index is 14.5. The van der Waals surface area contributed by atoms with E-state index in [4.69, 9.17) is 11.6 Å². The highest BCUT2D eigenvalue weighted by atomic mass is 35.5. The number of hydrogen-bond donors (Lipinski definition) is 2. The first-order valence-electron chi connectivity index (χ1n) is 12.6. The summed E-state index contributed by atoms with van der Waals surface area (Å²) in [6.45, 7) is 0. The summed E-state index contributed by atoms with van der Waals surface area (Å²) in [4.78, 5) is 17.8. The molecule has 1 saturated carbocycles. The number of aromatic amines is 2. The number of nitrogens with zero attached hydrogens (tertiary/aromatic N) is 3. The van der Waals surface area contributed by atoms with E-state index in [0.717, 1.165) is 42.7 Å². The van der Waals surface area contributed by atoms with Crippen LogP contribution in [0.1, 0.15) is 53.0 Å². The Labute approximate surface area is 234 Å². The molecule has 2 aromatic carbocycles. The van der Waals surface area contributed by atoms with Crippen LogP contribution in [0.25, 0.3) is 34.2 Å². The molecule has 0 spiro atoms. The number of halogens is 5. The largest absolute Gasteiger partial charge is 0.439 e. The van der Waals surface area contributed by atoms with Crippen molar-refractivity contribution in [1.29, 1.82) is 0 Å². The van der Waals surface area contributed by atoms with Crippen molar-refractivity contribution in [2.75, 3.05) is 0 Å². The molecule has 0 saturated heterocycles. The molecule has 0 bridgehead atoms. The van der Waals surface area contributed by atoms with Gasteiger partial charge in [-0.25, -0.2) is 4.79 Å². The van der Waals surface area contributed by atoms with Crippen LogP contribution < -0.4 is 5.76 Å². The summed E-state index contributed by atoms with van der Waals surface area (Å²) in [5.74, 6) is -1.02. The van der Waals surface area contributed by atoms with Crippen LogP contribution in [0.2, 0.25) is 5.02 Å². The molecule has 0 atom stereocenters. The first-order valence-corrected chi connectivity index (χ1v) is 13.0. The van der Waals surface area contributed by atoms with E-state index in [0.29, 0.717) is 22.2 Å². The molecule has 41 heavy (non-hydrogen) atoms. The monoisotopic (exact) mass is 581 g/mol. The summed E-state index contributed by atoms with van der Waals surface area (Å²) < 4.78 is 59.2. The van der Waals surface area contributed by atoms with Gasteiger partial charge in [-0.3, -0.25) is 19.6 Å². The van der Waals surface area contributed by atoms with Crippen molar-refractivity contribution < 1.29 is 22.1 Å². The van der Waals surface area contributed by atoms with Gasteiger partial charge in [0, 0.05) is 6.20 Å². The molecule has 3 aromatic heterocycles. The van der Waals surface area contributed by atoms with Gasteiger partial charge in [0.05, 0.1) is 27.2 Å². The molecule has 0 aliphatic heterocycles. The molecule has 1 fully saturated rings. The molecule has 0 radical (unpaired) electrons. The van der Waals surface area contributed by atoms with Crippen molar-refractivity contribution >= 4 is 45.8 Å².